The second kappa shape index (κ2) is 10.3. The number of unbranched alkanes of at least 4 members (excludes halogenated alkanes) is 1. The average Bonchev–Trinajstić information content (AvgIpc) is 2.67. The third-order valence-electron chi connectivity index (χ3n) is 4.20. The van der Waals surface area contributed by atoms with Gasteiger partial charge in [0.15, 0.2) is 12.4 Å². The van der Waals surface area contributed by atoms with E-state index in [0.29, 0.717) is 38.3 Å². The Kier molecular flexibility index (Phi) is 7.85. The summed E-state index contributed by atoms with van der Waals surface area (Å²) in [7, 11) is 0. The van der Waals surface area contributed by atoms with Gasteiger partial charge >= 0.3 is 17.7 Å². The number of nitrogens with zero attached hydrogens (tertiary/aromatic N) is 2. The van der Waals surface area contributed by atoms with Crippen LogP contribution in [-0.4, -0.2) is 59.4 Å². The Morgan fingerprint density at radius 1 is 1.32 bits per heavy atom. The number of carbonyl (C=O) groups is 2. The summed E-state index contributed by atoms with van der Waals surface area (Å²) in [5, 5.41) is 19.8. The summed E-state index contributed by atoms with van der Waals surface area (Å²) >= 11 is 0. The van der Waals surface area contributed by atoms with Gasteiger partial charge in [0.05, 0.1) is 17.6 Å². The summed E-state index contributed by atoms with van der Waals surface area (Å²) in [5.74, 6) is -1.07. The van der Waals surface area contributed by atoms with Crippen LogP contribution in [0.4, 0.5) is 10.5 Å². The van der Waals surface area contributed by atoms with Gasteiger partial charge in [-0.05, 0) is 18.6 Å². The molecule has 0 aromatic heterocycles. The molecule has 10 heteroatoms. The van der Waals surface area contributed by atoms with Crippen molar-refractivity contribution < 1.29 is 33.8 Å². The number of benzene rings is 1. The predicted octanol–water partition coefficient (Wildman–Crippen LogP) is 2.84. The van der Waals surface area contributed by atoms with Gasteiger partial charge in [0.1, 0.15) is 11.9 Å². The number of ether oxygens (including phenoxy) is 3. The smallest absolute Gasteiger partial charge is 0.409 e. The highest BCUT2D eigenvalue weighted by atomic mass is 16.6. The topological polar surface area (TPSA) is 128 Å². The summed E-state index contributed by atoms with van der Waals surface area (Å²) in [5.41, 5.74) is -0.365. The number of carboxylic acids is 1. The molecule has 1 heterocycles. The number of hydrogen-bond acceptors (Lipinski definition) is 7. The SMILES string of the molecule is CCCCOC(=O)N1CCC(Oc2ccc(OCC(=O)O)c([N+](=O)[O-])c2)CC1. The van der Waals surface area contributed by atoms with Crippen LogP contribution in [-0.2, 0) is 9.53 Å². The van der Waals surface area contributed by atoms with E-state index in [2.05, 4.69) is 0 Å². The highest BCUT2D eigenvalue weighted by Gasteiger charge is 2.26. The zero-order valence-corrected chi connectivity index (χ0v) is 15.7. The van der Waals surface area contributed by atoms with E-state index in [1.807, 2.05) is 6.92 Å². The van der Waals surface area contributed by atoms with E-state index in [4.69, 9.17) is 19.3 Å². The van der Waals surface area contributed by atoms with Gasteiger partial charge < -0.3 is 24.2 Å². The minimum Gasteiger partial charge on any atom is -0.490 e. The van der Waals surface area contributed by atoms with Crippen LogP contribution in [0.15, 0.2) is 18.2 Å². The van der Waals surface area contributed by atoms with Crippen LogP contribution in [0.1, 0.15) is 32.6 Å². The highest BCUT2D eigenvalue weighted by Crippen LogP contribution is 2.32. The van der Waals surface area contributed by atoms with Crippen LogP contribution in [0.3, 0.4) is 0 Å². The normalized spacial score (nSPS) is 14.4. The summed E-state index contributed by atoms with van der Waals surface area (Å²) in [4.78, 5) is 34.7. The largest absolute Gasteiger partial charge is 0.490 e. The summed E-state index contributed by atoms with van der Waals surface area (Å²) in [6.07, 6.45) is 2.42. The molecule has 1 saturated heterocycles. The maximum Gasteiger partial charge on any atom is 0.409 e. The first-order valence-electron chi connectivity index (χ1n) is 9.12. The van der Waals surface area contributed by atoms with Gasteiger partial charge in [0.2, 0.25) is 0 Å². The maximum absolute atomic E-state index is 11.9. The molecule has 1 N–H and O–H groups in total. The van der Waals surface area contributed by atoms with Crippen molar-refractivity contribution in [3.05, 3.63) is 28.3 Å². The van der Waals surface area contributed by atoms with E-state index in [-0.39, 0.29) is 23.6 Å². The molecule has 154 valence electrons. The van der Waals surface area contributed by atoms with E-state index in [9.17, 15) is 19.7 Å². The number of amides is 1. The molecular weight excluding hydrogens is 372 g/mol. The second-order valence-corrected chi connectivity index (χ2v) is 6.34. The lowest BCUT2D eigenvalue weighted by Gasteiger charge is -2.31. The monoisotopic (exact) mass is 396 g/mol. The van der Waals surface area contributed by atoms with Crippen molar-refractivity contribution in [2.24, 2.45) is 0 Å². The van der Waals surface area contributed by atoms with Crippen molar-refractivity contribution >= 4 is 17.7 Å². The Hall–Kier alpha value is -3.04. The number of piperidine rings is 1. The van der Waals surface area contributed by atoms with E-state index in [0.717, 1.165) is 12.8 Å². The lowest BCUT2D eigenvalue weighted by Crippen LogP contribution is -2.42. The minimum absolute atomic E-state index is 0.135. The molecule has 1 aromatic rings. The molecule has 28 heavy (non-hydrogen) atoms. The van der Waals surface area contributed by atoms with Crippen LogP contribution in [0.25, 0.3) is 0 Å². The molecule has 0 saturated carbocycles. The van der Waals surface area contributed by atoms with Gasteiger partial charge in [-0.1, -0.05) is 13.3 Å². The quantitative estimate of drug-likeness (QED) is 0.383. The van der Waals surface area contributed by atoms with E-state index < -0.39 is 17.5 Å². The molecular formula is C18H24N2O8. The molecule has 1 amide bonds. The lowest BCUT2D eigenvalue weighted by atomic mass is 10.1. The van der Waals surface area contributed by atoms with E-state index in [1.54, 1.807) is 4.90 Å². The first kappa shape index (κ1) is 21.3. The molecule has 0 radical (unpaired) electrons. The van der Waals surface area contributed by atoms with Gasteiger partial charge in [-0.25, -0.2) is 9.59 Å². The molecule has 0 bridgehead atoms. The summed E-state index contributed by atoms with van der Waals surface area (Å²) in [6, 6.07) is 4.02. The van der Waals surface area contributed by atoms with Crippen LogP contribution in [0.2, 0.25) is 0 Å². The fourth-order valence-corrected chi connectivity index (χ4v) is 2.72. The Bertz CT molecular complexity index is 701. The number of carbonyl (C=O) groups excluding carboxylic acids is 1. The molecule has 10 nitrogen and oxygen atoms in total. The van der Waals surface area contributed by atoms with Gasteiger partial charge in [0, 0.05) is 25.9 Å². The second-order valence-electron chi connectivity index (χ2n) is 6.34. The van der Waals surface area contributed by atoms with Crippen LogP contribution < -0.4 is 9.47 Å². The molecule has 0 unspecified atom stereocenters. The zero-order chi connectivity index (χ0) is 20.5. The van der Waals surface area contributed by atoms with Gasteiger partial charge in [-0.2, -0.15) is 0 Å². The number of hydrogen-bond donors (Lipinski definition) is 1. The van der Waals surface area contributed by atoms with Gasteiger partial charge in [0.25, 0.3) is 0 Å². The first-order chi connectivity index (χ1) is 13.4. The number of aliphatic carboxylic acids is 1. The van der Waals surface area contributed by atoms with Crippen molar-refractivity contribution in [2.45, 2.75) is 38.7 Å². The third-order valence-corrected chi connectivity index (χ3v) is 4.20. The number of rotatable bonds is 9. The Balaban J connectivity index is 1.90. The van der Waals surface area contributed by atoms with Crippen molar-refractivity contribution in [3.8, 4) is 11.5 Å². The molecule has 0 spiro atoms. The van der Waals surface area contributed by atoms with Crippen LogP contribution >= 0.6 is 0 Å². The minimum atomic E-state index is -1.23. The van der Waals surface area contributed by atoms with Crippen LogP contribution in [0.5, 0.6) is 11.5 Å². The molecule has 1 aliphatic rings. The highest BCUT2D eigenvalue weighted by molar-refractivity contribution is 5.69. The van der Waals surface area contributed by atoms with E-state index in [1.165, 1.54) is 18.2 Å². The molecule has 0 aliphatic carbocycles. The van der Waals surface area contributed by atoms with Crippen LogP contribution in [0, 0.1) is 10.1 Å². The summed E-state index contributed by atoms with van der Waals surface area (Å²) < 4.78 is 15.9. The zero-order valence-electron chi connectivity index (χ0n) is 15.7. The third kappa shape index (κ3) is 6.29. The average molecular weight is 396 g/mol. The summed E-state index contributed by atoms with van der Waals surface area (Å²) in [6.45, 7) is 2.72. The standard InChI is InChI=1S/C18H24N2O8/c1-2-3-10-26-18(23)19-8-6-13(7-9-19)28-14-4-5-16(27-12-17(21)22)15(11-14)20(24)25/h4-5,11,13H,2-3,6-10,12H2,1H3,(H,21,22). The fraction of sp³-hybridized carbons (Fsp3) is 0.556. The molecule has 0 atom stereocenters. The molecule has 2 rings (SSSR count). The Labute approximate surface area is 162 Å². The van der Waals surface area contributed by atoms with Crippen molar-refractivity contribution in [3.63, 3.8) is 0 Å². The Morgan fingerprint density at radius 2 is 2.04 bits per heavy atom. The maximum atomic E-state index is 11.9. The van der Waals surface area contributed by atoms with Crippen molar-refractivity contribution in [2.75, 3.05) is 26.3 Å². The number of nitro groups is 1. The van der Waals surface area contributed by atoms with E-state index >= 15 is 0 Å². The number of carboxylic acid groups (broad SMARTS) is 1. The molecule has 1 fully saturated rings. The molecule has 1 aliphatic heterocycles. The van der Waals surface area contributed by atoms with Crippen molar-refractivity contribution in [1.29, 1.82) is 0 Å². The number of likely N-dealkylation sites (tertiary alicyclic amines) is 1. The first-order valence-corrected chi connectivity index (χ1v) is 9.12. The lowest BCUT2D eigenvalue weighted by molar-refractivity contribution is -0.385. The van der Waals surface area contributed by atoms with Gasteiger partial charge in [-0.3, -0.25) is 10.1 Å². The van der Waals surface area contributed by atoms with Crippen molar-refractivity contribution in [1.82, 2.24) is 4.90 Å². The Morgan fingerprint density at radius 3 is 2.64 bits per heavy atom. The predicted molar refractivity (Wildman–Crippen MR) is 97.7 cm³/mol. The van der Waals surface area contributed by atoms with Gasteiger partial charge in [-0.15, -0.1) is 0 Å². The fourth-order valence-electron chi connectivity index (χ4n) is 2.72. The number of nitro benzene ring substituents is 1. The molecule has 1 aromatic carbocycles.